The number of fused-ring (bicyclic) bond motifs is 7. The molecule has 2 fully saturated rings. The smallest absolute Gasteiger partial charge is 0.269 e. The van der Waals surface area contributed by atoms with Crippen molar-refractivity contribution in [1.82, 2.24) is 0 Å². The molecule has 1 aliphatic heterocycles. The standard InChI is InChI=1S/C21H22N2O2/c1-12-3-2-4-15(9-12)21-20-14-6-5-13(10-14)19(20)17-11-16(23(24)25)7-8-18(17)22-21/h2-4,7-9,11,13-14,19-22H,5-6,10H2,1H3/t13-,14+,19-,20+,21-/m1/s1. The minimum atomic E-state index is -0.269. The van der Waals surface area contributed by atoms with Crippen LogP contribution in [0.4, 0.5) is 11.4 Å². The Morgan fingerprint density at radius 3 is 2.76 bits per heavy atom. The van der Waals surface area contributed by atoms with E-state index in [1.54, 1.807) is 6.07 Å². The van der Waals surface area contributed by atoms with Gasteiger partial charge in [0.2, 0.25) is 0 Å². The second kappa shape index (κ2) is 5.32. The lowest BCUT2D eigenvalue weighted by atomic mass is 9.68. The average Bonchev–Trinajstić information content (AvgIpc) is 3.22. The summed E-state index contributed by atoms with van der Waals surface area (Å²) in [4.78, 5) is 11.0. The fourth-order valence-corrected chi connectivity index (χ4v) is 5.78. The van der Waals surface area contributed by atoms with Gasteiger partial charge in [-0.3, -0.25) is 10.1 Å². The van der Waals surface area contributed by atoms with Crippen molar-refractivity contribution in [3.63, 3.8) is 0 Å². The number of nitro groups is 1. The highest BCUT2D eigenvalue weighted by Gasteiger charge is 2.54. The molecule has 5 atom stereocenters. The minimum absolute atomic E-state index is 0.219. The van der Waals surface area contributed by atoms with Gasteiger partial charge in [0.1, 0.15) is 0 Å². The van der Waals surface area contributed by atoms with Crippen molar-refractivity contribution in [3.05, 3.63) is 69.3 Å². The van der Waals surface area contributed by atoms with Crippen molar-refractivity contribution in [3.8, 4) is 0 Å². The Labute approximate surface area is 147 Å². The number of hydrogen-bond donors (Lipinski definition) is 1. The van der Waals surface area contributed by atoms with E-state index in [2.05, 4.69) is 36.5 Å². The van der Waals surface area contributed by atoms with Crippen molar-refractivity contribution in [2.24, 2.45) is 17.8 Å². The maximum absolute atomic E-state index is 11.2. The molecule has 2 aromatic rings. The maximum atomic E-state index is 11.2. The van der Waals surface area contributed by atoms with Gasteiger partial charge in [-0.15, -0.1) is 0 Å². The van der Waals surface area contributed by atoms with Crippen LogP contribution in [0, 0.1) is 34.8 Å². The van der Waals surface area contributed by atoms with Gasteiger partial charge >= 0.3 is 0 Å². The Morgan fingerprint density at radius 2 is 1.96 bits per heavy atom. The Kier molecular flexibility index (Phi) is 3.18. The number of benzene rings is 2. The molecule has 0 spiro atoms. The molecule has 2 bridgehead atoms. The molecule has 0 radical (unpaired) electrons. The molecule has 2 saturated carbocycles. The molecule has 5 rings (SSSR count). The molecule has 128 valence electrons. The molecule has 1 N–H and O–H groups in total. The number of anilines is 1. The van der Waals surface area contributed by atoms with E-state index in [1.807, 2.05) is 12.1 Å². The van der Waals surface area contributed by atoms with Crippen molar-refractivity contribution in [2.45, 2.75) is 38.1 Å². The number of nitrogens with zero attached hydrogens (tertiary/aromatic N) is 1. The van der Waals surface area contributed by atoms with Gasteiger partial charge in [0.25, 0.3) is 5.69 Å². The molecule has 4 heteroatoms. The lowest BCUT2D eigenvalue weighted by Gasteiger charge is -2.43. The summed E-state index contributed by atoms with van der Waals surface area (Å²) in [5, 5.41) is 15.0. The number of nitrogens with one attached hydrogen (secondary N) is 1. The Bertz CT molecular complexity index is 863. The van der Waals surface area contributed by atoms with Crippen molar-refractivity contribution in [1.29, 1.82) is 0 Å². The van der Waals surface area contributed by atoms with Crippen LogP contribution in [-0.2, 0) is 0 Å². The lowest BCUT2D eigenvalue weighted by molar-refractivity contribution is -0.384. The van der Waals surface area contributed by atoms with Gasteiger partial charge in [-0.25, -0.2) is 0 Å². The summed E-state index contributed by atoms with van der Waals surface area (Å²) >= 11 is 0. The van der Waals surface area contributed by atoms with Gasteiger partial charge in [-0.2, -0.15) is 0 Å². The number of hydrogen-bond acceptors (Lipinski definition) is 3. The predicted octanol–water partition coefficient (Wildman–Crippen LogP) is 5.20. The molecule has 0 amide bonds. The van der Waals surface area contributed by atoms with Crippen molar-refractivity contribution in [2.75, 3.05) is 5.32 Å². The van der Waals surface area contributed by atoms with E-state index in [9.17, 15) is 10.1 Å². The molecule has 0 saturated heterocycles. The zero-order valence-electron chi connectivity index (χ0n) is 14.3. The number of nitro benzene ring substituents is 1. The van der Waals surface area contributed by atoms with E-state index in [-0.39, 0.29) is 10.6 Å². The van der Waals surface area contributed by atoms with Crippen LogP contribution in [-0.4, -0.2) is 4.92 Å². The highest BCUT2D eigenvalue weighted by molar-refractivity contribution is 5.62. The Balaban J connectivity index is 1.64. The maximum Gasteiger partial charge on any atom is 0.269 e. The third-order valence-electron chi connectivity index (χ3n) is 6.68. The molecular formula is C21H22N2O2. The van der Waals surface area contributed by atoms with Crippen LogP contribution in [0.1, 0.15) is 47.9 Å². The fraction of sp³-hybridized carbons (Fsp3) is 0.429. The highest BCUT2D eigenvalue weighted by atomic mass is 16.6. The predicted molar refractivity (Wildman–Crippen MR) is 97.7 cm³/mol. The van der Waals surface area contributed by atoms with Crippen LogP contribution in [0.2, 0.25) is 0 Å². The SMILES string of the molecule is Cc1cccc([C@H]2Nc3ccc([N+](=O)[O-])cc3[C@H]3[C@@H]4CC[C@@H](C4)[C@@H]32)c1. The first kappa shape index (κ1) is 14.9. The van der Waals surface area contributed by atoms with E-state index in [0.29, 0.717) is 23.8 Å². The first-order chi connectivity index (χ1) is 12.1. The monoisotopic (exact) mass is 334 g/mol. The van der Waals surface area contributed by atoms with Gasteiger partial charge in [0.15, 0.2) is 0 Å². The van der Waals surface area contributed by atoms with Gasteiger partial charge in [-0.1, -0.05) is 29.8 Å². The second-order valence-electron chi connectivity index (χ2n) is 8.00. The molecular weight excluding hydrogens is 312 g/mol. The number of aryl methyl sites for hydroxylation is 1. The van der Waals surface area contributed by atoms with Gasteiger partial charge in [0.05, 0.1) is 11.0 Å². The third kappa shape index (κ3) is 2.20. The molecule has 1 heterocycles. The first-order valence-electron chi connectivity index (χ1n) is 9.23. The van der Waals surface area contributed by atoms with Gasteiger partial charge in [0, 0.05) is 17.8 Å². The number of rotatable bonds is 2. The van der Waals surface area contributed by atoms with E-state index in [0.717, 1.165) is 11.6 Å². The summed E-state index contributed by atoms with van der Waals surface area (Å²) < 4.78 is 0. The van der Waals surface area contributed by atoms with E-state index < -0.39 is 0 Å². The molecule has 2 aromatic carbocycles. The van der Waals surface area contributed by atoms with Crippen molar-refractivity contribution < 1.29 is 4.92 Å². The van der Waals surface area contributed by atoms with Crippen LogP contribution in [0.25, 0.3) is 0 Å². The quantitative estimate of drug-likeness (QED) is 0.606. The van der Waals surface area contributed by atoms with Crippen LogP contribution < -0.4 is 5.32 Å². The fourth-order valence-electron chi connectivity index (χ4n) is 5.78. The van der Waals surface area contributed by atoms with Crippen LogP contribution >= 0.6 is 0 Å². The summed E-state index contributed by atoms with van der Waals surface area (Å²) in [6, 6.07) is 14.5. The van der Waals surface area contributed by atoms with Gasteiger partial charge < -0.3 is 5.32 Å². The molecule has 0 aromatic heterocycles. The Morgan fingerprint density at radius 1 is 1.12 bits per heavy atom. The van der Waals surface area contributed by atoms with E-state index in [4.69, 9.17) is 0 Å². The summed E-state index contributed by atoms with van der Waals surface area (Å²) in [5.41, 5.74) is 5.12. The topological polar surface area (TPSA) is 55.2 Å². The van der Waals surface area contributed by atoms with Gasteiger partial charge in [-0.05, 0) is 67.1 Å². The van der Waals surface area contributed by atoms with Crippen LogP contribution in [0.15, 0.2) is 42.5 Å². The average molecular weight is 334 g/mol. The molecule has 2 aliphatic carbocycles. The summed E-state index contributed by atoms with van der Waals surface area (Å²) in [6.45, 7) is 2.14. The largest absolute Gasteiger partial charge is 0.378 e. The highest BCUT2D eigenvalue weighted by Crippen LogP contribution is 2.63. The van der Waals surface area contributed by atoms with Crippen molar-refractivity contribution >= 4 is 11.4 Å². The third-order valence-corrected chi connectivity index (χ3v) is 6.68. The first-order valence-corrected chi connectivity index (χ1v) is 9.23. The zero-order valence-corrected chi connectivity index (χ0v) is 14.3. The summed E-state index contributed by atoms with van der Waals surface area (Å²) in [5.74, 6) is 2.43. The van der Waals surface area contributed by atoms with Crippen LogP contribution in [0.5, 0.6) is 0 Å². The normalized spacial score (nSPS) is 32.0. The van der Waals surface area contributed by atoms with Crippen LogP contribution in [0.3, 0.4) is 0 Å². The zero-order chi connectivity index (χ0) is 17.1. The van der Waals surface area contributed by atoms with E-state index >= 15 is 0 Å². The van der Waals surface area contributed by atoms with E-state index in [1.165, 1.54) is 36.0 Å². The minimum Gasteiger partial charge on any atom is -0.378 e. The molecule has 4 nitrogen and oxygen atoms in total. The molecule has 25 heavy (non-hydrogen) atoms. The number of non-ortho nitro benzene ring substituents is 1. The lowest BCUT2D eigenvalue weighted by Crippen LogP contribution is -2.35. The summed E-state index contributed by atoms with van der Waals surface area (Å²) in [7, 11) is 0. The molecule has 3 aliphatic rings. The Hall–Kier alpha value is -2.36. The molecule has 0 unspecified atom stereocenters. The second-order valence-corrected chi connectivity index (χ2v) is 8.00. The summed E-state index contributed by atoms with van der Waals surface area (Å²) in [6.07, 6.45) is 3.86.